The Morgan fingerprint density at radius 2 is 1.96 bits per heavy atom. The van der Waals surface area contributed by atoms with Crippen LogP contribution in [-0.2, 0) is 9.59 Å². The van der Waals surface area contributed by atoms with Crippen molar-refractivity contribution in [3.05, 3.63) is 0 Å². The number of carbonyl (C=O) groups excluding carboxylic acids is 3. The van der Waals surface area contributed by atoms with Gasteiger partial charge in [-0.15, -0.1) is 0 Å². The number of imide groups is 1. The second-order valence-corrected chi connectivity index (χ2v) is 6.66. The third-order valence-electron chi connectivity index (χ3n) is 4.72. The van der Waals surface area contributed by atoms with Crippen LogP contribution in [0.15, 0.2) is 0 Å². The Kier molecular flexibility index (Phi) is 5.98. The van der Waals surface area contributed by atoms with E-state index in [-0.39, 0.29) is 18.2 Å². The molecule has 0 aromatic heterocycles. The maximum atomic E-state index is 12.5. The molecular weight excluding hydrogens is 296 g/mol. The molecule has 1 saturated heterocycles. The van der Waals surface area contributed by atoms with Gasteiger partial charge in [0.1, 0.15) is 5.54 Å². The van der Waals surface area contributed by atoms with Crippen molar-refractivity contribution in [2.45, 2.75) is 63.8 Å². The molecule has 1 spiro atoms. The normalized spacial score (nSPS) is 20.2. The standard InChI is InChI=1S/C16H28N4O3/c1-3-4-11-19(2)12-8-13(21)18-20-14(22)16(17-15(20)23)9-6-5-7-10-16/h3-12H2,1-2H3,(H,17,23)(H,18,21). The molecule has 0 unspecified atom stereocenters. The molecule has 130 valence electrons. The van der Waals surface area contributed by atoms with E-state index >= 15 is 0 Å². The predicted molar refractivity (Wildman–Crippen MR) is 86.4 cm³/mol. The number of unbranched alkanes of at least 4 members (excludes halogenated alkanes) is 1. The number of hydrogen-bond donors (Lipinski definition) is 2. The van der Waals surface area contributed by atoms with Crippen molar-refractivity contribution in [3.8, 4) is 0 Å². The van der Waals surface area contributed by atoms with Crippen LogP contribution in [0.2, 0.25) is 0 Å². The van der Waals surface area contributed by atoms with Crippen molar-refractivity contribution < 1.29 is 14.4 Å². The molecule has 0 aromatic rings. The second-order valence-electron chi connectivity index (χ2n) is 6.66. The highest BCUT2D eigenvalue weighted by atomic mass is 16.2. The number of urea groups is 1. The van der Waals surface area contributed by atoms with Crippen LogP contribution >= 0.6 is 0 Å². The first-order valence-electron chi connectivity index (χ1n) is 8.63. The van der Waals surface area contributed by atoms with Gasteiger partial charge in [-0.1, -0.05) is 32.6 Å². The Morgan fingerprint density at radius 1 is 1.26 bits per heavy atom. The van der Waals surface area contributed by atoms with E-state index in [2.05, 4.69) is 22.6 Å². The SMILES string of the molecule is CCCCN(C)CCC(=O)NN1C(=O)NC2(CCCCC2)C1=O. The molecule has 1 heterocycles. The van der Waals surface area contributed by atoms with Crippen LogP contribution in [-0.4, -0.2) is 53.4 Å². The molecular formula is C16H28N4O3. The average Bonchev–Trinajstić information content (AvgIpc) is 2.76. The Bertz CT molecular complexity index is 460. The summed E-state index contributed by atoms with van der Waals surface area (Å²) >= 11 is 0. The molecule has 4 amide bonds. The van der Waals surface area contributed by atoms with Crippen LogP contribution in [0.5, 0.6) is 0 Å². The third kappa shape index (κ3) is 4.22. The van der Waals surface area contributed by atoms with Crippen LogP contribution in [0.1, 0.15) is 58.3 Å². The van der Waals surface area contributed by atoms with E-state index < -0.39 is 11.6 Å². The maximum Gasteiger partial charge on any atom is 0.344 e. The van der Waals surface area contributed by atoms with Crippen LogP contribution < -0.4 is 10.7 Å². The predicted octanol–water partition coefficient (Wildman–Crippen LogP) is 1.39. The molecule has 0 atom stereocenters. The molecule has 2 fully saturated rings. The summed E-state index contributed by atoms with van der Waals surface area (Å²) in [5.74, 6) is -0.611. The Hall–Kier alpha value is -1.63. The van der Waals surface area contributed by atoms with Crippen molar-refractivity contribution >= 4 is 17.8 Å². The van der Waals surface area contributed by atoms with Crippen molar-refractivity contribution in [2.24, 2.45) is 0 Å². The summed E-state index contributed by atoms with van der Waals surface area (Å²) in [6.07, 6.45) is 6.72. The smallest absolute Gasteiger partial charge is 0.322 e. The largest absolute Gasteiger partial charge is 0.344 e. The lowest BCUT2D eigenvalue weighted by molar-refractivity contribution is -0.140. The number of nitrogens with zero attached hydrogens (tertiary/aromatic N) is 2. The highest BCUT2D eigenvalue weighted by Gasteiger charge is 2.52. The minimum atomic E-state index is -0.791. The summed E-state index contributed by atoms with van der Waals surface area (Å²) in [6, 6.07) is -0.510. The average molecular weight is 324 g/mol. The van der Waals surface area contributed by atoms with Gasteiger partial charge in [0.15, 0.2) is 0 Å². The van der Waals surface area contributed by atoms with E-state index in [0.717, 1.165) is 43.7 Å². The van der Waals surface area contributed by atoms with Gasteiger partial charge in [0, 0.05) is 13.0 Å². The zero-order valence-corrected chi connectivity index (χ0v) is 14.2. The Balaban J connectivity index is 1.83. The summed E-state index contributed by atoms with van der Waals surface area (Å²) in [5.41, 5.74) is 1.68. The fraction of sp³-hybridized carbons (Fsp3) is 0.812. The van der Waals surface area contributed by atoms with Gasteiger partial charge in [-0.25, -0.2) is 4.79 Å². The van der Waals surface area contributed by atoms with Crippen molar-refractivity contribution in [2.75, 3.05) is 20.1 Å². The van der Waals surface area contributed by atoms with Gasteiger partial charge in [-0.2, -0.15) is 5.01 Å². The molecule has 2 rings (SSSR count). The quantitative estimate of drug-likeness (QED) is 0.694. The molecule has 7 heteroatoms. The van der Waals surface area contributed by atoms with E-state index in [1.165, 1.54) is 0 Å². The maximum absolute atomic E-state index is 12.5. The molecule has 2 N–H and O–H groups in total. The molecule has 0 radical (unpaired) electrons. The summed E-state index contributed by atoms with van der Waals surface area (Å²) in [6.45, 7) is 3.68. The number of amides is 4. The van der Waals surface area contributed by atoms with Gasteiger partial charge in [0.25, 0.3) is 5.91 Å². The fourth-order valence-corrected chi connectivity index (χ4v) is 3.23. The lowest BCUT2D eigenvalue weighted by atomic mass is 9.82. The van der Waals surface area contributed by atoms with Gasteiger partial charge in [0.05, 0.1) is 0 Å². The molecule has 23 heavy (non-hydrogen) atoms. The van der Waals surface area contributed by atoms with E-state index in [4.69, 9.17) is 0 Å². The van der Waals surface area contributed by atoms with E-state index in [0.29, 0.717) is 19.4 Å². The number of rotatable bonds is 7. The molecule has 1 aliphatic carbocycles. The lowest BCUT2D eigenvalue weighted by Gasteiger charge is -2.30. The minimum Gasteiger partial charge on any atom is -0.322 e. The van der Waals surface area contributed by atoms with Crippen LogP contribution in [0.3, 0.4) is 0 Å². The number of hydrazine groups is 1. The molecule has 7 nitrogen and oxygen atoms in total. The number of carbonyl (C=O) groups is 3. The minimum absolute atomic E-state index is 0.268. The zero-order chi connectivity index (χ0) is 16.9. The monoisotopic (exact) mass is 324 g/mol. The summed E-state index contributed by atoms with van der Waals surface area (Å²) in [5, 5.41) is 3.65. The first-order chi connectivity index (χ1) is 11.0. The van der Waals surface area contributed by atoms with E-state index in [1.54, 1.807) is 0 Å². The number of hydrogen-bond acceptors (Lipinski definition) is 4. The Morgan fingerprint density at radius 3 is 2.61 bits per heavy atom. The van der Waals surface area contributed by atoms with Gasteiger partial charge in [0.2, 0.25) is 5.91 Å². The molecule has 1 saturated carbocycles. The van der Waals surface area contributed by atoms with Gasteiger partial charge >= 0.3 is 6.03 Å². The molecule has 2 aliphatic rings. The third-order valence-corrected chi connectivity index (χ3v) is 4.72. The fourth-order valence-electron chi connectivity index (χ4n) is 3.23. The van der Waals surface area contributed by atoms with E-state index in [9.17, 15) is 14.4 Å². The van der Waals surface area contributed by atoms with Gasteiger partial charge < -0.3 is 10.2 Å². The van der Waals surface area contributed by atoms with Gasteiger partial charge in [-0.3, -0.25) is 15.0 Å². The first kappa shape index (κ1) is 17.7. The summed E-state index contributed by atoms with van der Waals surface area (Å²) < 4.78 is 0. The topological polar surface area (TPSA) is 81.8 Å². The Labute approximate surface area is 137 Å². The lowest BCUT2D eigenvalue weighted by Crippen LogP contribution is -2.51. The highest BCUT2D eigenvalue weighted by molar-refractivity contribution is 6.07. The molecule has 1 aliphatic heterocycles. The molecule has 0 bridgehead atoms. The zero-order valence-electron chi connectivity index (χ0n) is 14.2. The number of nitrogens with one attached hydrogen (secondary N) is 2. The summed E-state index contributed by atoms with van der Waals surface area (Å²) in [7, 11) is 1.97. The summed E-state index contributed by atoms with van der Waals surface area (Å²) in [4.78, 5) is 38.7. The van der Waals surface area contributed by atoms with Crippen molar-refractivity contribution in [1.82, 2.24) is 20.7 Å². The van der Waals surface area contributed by atoms with Gasteiger partial charge in [-0.05, 0) is 32.9 Å². The van der Waals surface area contributed by atoms with Crippen LogP contribution in [0, 0.1) is 0 Å². The highest BCUT2D eigenvalue weighted by Crippen LogP contribution is 2.32. The van der Waals surface area contributed by atoms with E-state index in [1.807, 2.05) is 7.05 Å². The van der Waals surface area contributed by atoms with Crippen LogP contribution in [0.4, 0.5) is 4.79 Å². The van der Waals surface area contributed by atoms with Crippen LogP contribution in [0.25, 0.3) is 0 Å². The van der Waals surface area contributed by atoms with Crippen molar-refractivity contribution in [1.29, 1.82) is 0 Å². The first-order valence-corrected chi connectivity index (χ1v) is 8.63. The van der Waals surface area contributed by atoms with Crippen molar-refractivity contribution in [3.63, 3.8) is 0 Å². The second kappa shape index (κ2) is 7.77. The molecule has 0 aromatic carbocycles.